The highest BCUT2D eigenvalue weighted by Gasteiger charge is 2.20. The van der Waals surface area contributed by atoms with Crippen molar-refractivity contribution in [1.29, 1.82) is 0 Å². The summed E-state index contributed by atoms with van der Waals surface area (Å²) in [5.74, 6) is 1.17. The number of anilines is 1. The molecule has 0 fully saturated rings. The second-order valence-corrected chi connectivity index (χ2v) is 7.18. The minimum Gasteiger partial charge on any atom is -0.320 e. The Hall–Kier alpha value is -3.55. The number of urea groups is 1. The zero-order valence-corrected chi connectivity index (χ0v) is 16.5. The lowest BCUT2D eigenvalue weighted by atomic mass is 10.0. The third-order valence-corrected chi connectivity index (χ3v) is 4.81. The molecule has 0 saturated heterocycles. The lowest BCUT2D eigenvalue weighted by Crippen LogP contribution is -2.38. The first-order valence-electron chi connectivity index (χ1n) is 9.64. The van der Waals surface area contributed by atoms with Crippen molar-refractivity contribution < 1.29 is 4.79 Å². The molecule has 0 atom stereocenters. The number of pyridine rings is 2. The van der Waals surface area contributed by atoms with Crippen LogP contribution in [0.4, 0.5) is 10.6 Å². The number of hydrogen-bond donors (Lipinski definition) is 1. The molecule has 4 rings (SSSR count). The SMILES string of the molecule is CC(C)n1cnnc1-c1cccc(NC(=O)N2CCC=C(c3cccnc3)C2)n1. The summed E-state index contributed by atoms with van der Waals surface area (Å²) < 4.78 is 1.95. The molecule has 0 bridgehead atoms. The van der Waals surface area contributed by atoms with Crippen LogP contribution >= 0.6 is 0 Å². The molecule has 4 heterocycles. The van der Waals surface area contributed by atoms with Crippen molar-refractivity contribution in [3.8, 4) is 11.5 Å². The van der Waals surface area contributed by atoms with E-state index in [1.807, 2.05) is 35.0 Å². The molecule has 1 N–H and O–H groups in total. The summed E-state index contributed by atoms with van der Waals surface area (Å²) in [5, 5.41) is 11.1. The van der Waals surface area contributed by atoms with Crippen LogP contribution in [0.25, 0.3) is 17.1 Å². The Morgan fingerprint density at radius 2 is 2.10 bits per heavy atom. The lowest BCUT2D eigenvalue weighted by Gasteiger charge is -2.27. The van der Waals surface area contributed by atoms with Crippen molar-refractivity contribution in [2.24, 2.45) is 0 Å². The van der Waals surface area contributed by atoms with Gasteiger partial charge in [-0.05, 0) is 49.6 Å². The summed E-state index contributed by atoms with van der Waals surface area (Å²) in [5.41, 5.74) is 2.81. The monoisotopic (exact) mass is 389 g/mol. The molecule has 3 aromatic rings. The normalized spacial score (nSPS) is 14.0. The van der Waals surface area contributed by atoms with E-state index in [-0.39, 0.29) is 12.1 Å². The van der Waals surface area contributed by atoms with Gasteiger partial charge in [-0.3, -0.25) is 10.3 Å². The first-order valence-corrected chi connectivity index (χ1v) is 9.64. The predicted octanol–water partition coefficient (Wildman–Crippen LogP) is 3.64. The van der Waals surface area contributed by atoms with Gasteiger partial charge in [-0.25, -0.2) is 9.78 Å². The predicted molar refractivity (Wildman–Crippen MR) is 111 cm³/mol. The van der Waals surface area contributed by atoms with Crippen LogP contribution in [0, 0.1) is 0 Å². The van der Waals surface area contributed by atoms with E-state index in [1.165, 1.54) is 0 Å². The lowest BCUT2D eigenvalue weighted by molar-refractivity contribution is 0.217. The van der Waals surface area contributed by atoms with Gasteiger partial charge in [0.25, 0.3) is 0 Å². The molecule has 8 nitrogen and oxygen atoms in total. The quantitative estimate of drug-likeness (QED) is 0.736. The molecule has 0 unspecified atom stereocenters. The van der Waals surface area contributed by atoms with Crippen LogP contribution in [-0.4, -0.2) is 48.8 Å². The minimum atomic E-state index is -0.172. The standard InChI is InChI=1S/C21H23N7O/c1-15(2)28-14-23-26-20(28)18-8-3-9-19(24-18)25-21(29)27-11-5-7-17(13-27)16-6-4-10-22-12-16/h3-4,6-10,12,14-15H,5,11,13H2,1-2H3,(H,24,25,29). The first kappa shape index (κ1) is 18.8. The number of nitrogens with one attached hydrogen (secondary N) is 1. The summed E-state index contributed by atoms with van der Waals surface area (Å²) >= 11 is 0. The maximum absolute atomic E-state index is 12.8. The maximum atomic E-state index is 12.8. The average Bonchev–Trinajstić information content (AvgIpc) is 3.25. The molecule has 148 valence electrons. The summed E-state index contributed by atoms with van der Waals surface area (Å²) in [6, 6.07) is 9.45. The maximum Gasteiger partial charge on any atom is 0.323 e. The highest BCUT2D eigenvalue weighted by atomic mass is 16.2. The van der Waals surface area contributed by atoms with Crippen molar-refractivity contribution in [2.75, 3.05) is 18.4 Å². The number of carbonyl (C=O) groups excluding carboxylic acids is 1. The van der Waals surface area contributed by atoms with E-state index in [0.29, 0.717) is 30.4 Å². The van der Waals surface area contributed by atoms with Crippen molar-refractivity contribution in [3.63, 3.8) is 0 Å². The van der Waals surface area contributed by atoms with Crippen molar-refractivity contribution in [1.82, 2.24) is 29.6 Å². The number of carbonyl (C=O) groups is 1. The summed E-state index contributed by atoms with van der Waals surface area (Å²) in [6.07, 6.45) is 8.23. The Kier molecular flexibility index (Phi) is 5.33. The van der Waals surface area contributed by atoms with E-state index in [0.717, 1.165) is 17.6 Å². The molecule has 1 aliphatic heterocycles. The molecule has 0 aliphatic carbocycles. The fourth-order valence-corrected chi connectivity index (χ4v) is 3.30. The third-order valence-electron chi connectivity index (χ3n) is 4.81. The van der Waals surface area contributed by atoms with Gasteiger partial charge in [-0.2, -0.15) is 0 Å². The molecule has 0 aromatic carbocycles. The summed E-state index contributed by atoms with van der Waals surface area (Å²) in [6.45, 7) is 5.32. The molecule has 29 heavy (non-hydrogen) atoms. The van der Waals surface area contributed by atoms with Gasteiger partial charge in [-0.15, -0.1) is 10.2 Å². The summed E-state index contributed by atoms with van der Waals surface area (Å²) in [7, 11) is 0. The minimum absolute atomic E-state index is 0.172. The average molecular weight is 389 g/mol. The smallest absolute Gasteiger partial charge is 0.320 e. The van der Waals surface area contributed by atoms with Gasteiger partial charge in [0.2, 0.25) is 0 Å². The highest BCUT2D eigenvalue weighted by Crippen LogP contribution is 2.22. The Morgan fingerprint density at radius 3 is 2.90 bits per heavy atom. The van der Waals surface area contributed by atoms with Crippen LogP contribution in [0.15, 0.2) is 55.1 Å². The molecule has 2 amide bonds. The first-order chi connectivity index (χ1) is 14.1. The molecule has 0 saturated carbocycles. The molecule has 0 radical (unpaired) electrons. The van der Waals surface area contributed by atoms with Crippen LogP contribution in [0.5, 0.6) is 0 Å². The van der Waals surface area contributed by atoms with Gasteiger partial charge in [0.05, 0.1) is 0 Å². The van der Waals surface area contributed by atoms with Crippen LogP contribution in [0.3, 0.4) is 0 Å². The van der Waals surface area contributed by atoms with E-state index in [1.54, 1.807) is 23.5 Å². The number of aromatic nitrogens is 5. The second-order valence-electron chi connectivity index (χ2n) is 7.18. The molecule has 3 aromatic heterocycles. The molecule has 0 spiro atoms. The van der Waals surface area contributed by atoms with Gasteiger partial charge in [-0.1, -0.05) is 18.2 Å². The van der Waals surface area contributed by atoms with E-state index < -0.39 is 0 Å². The molecular formula is C21H23N7O. The van der Waals surface area contributed by atoms with Crippen molar-refractivity contribution >= 4 is 17.4 Å². The number of nitrogens with zero attached hydrogens (tertiary/aromatic N) is 6. The second kappa shape index (κ2) is 8.22. The zero-order chi connectivity index (χ0) is 20.2. The van der Waals surface area contributed by atoms with Crippen molar-refractivity contribution in [2.45, 2.75) is 26.3 Å². The van der Waals surface area contributed by atoms with Crippen LogP contribution < -0.4 is 5.32 Å². The van der Waals surface area contributed by atoms with Crippen LogP contribution in [-0.2, 0) is 0 Å². The Labute approximate surface area is 169 Å². The Bertz CT molecular complexity index is 1030. The van der Waals surface area contributed by atoms with E-state index >= 15 is 0 Å². The topological polar surface area (TPSA) is 88.8 Å². The number of rotatable bonds is 4. The molecule has 1 aliphatic rings. The summed E-state index contributed by atoms with van der Waals surface area (Å²) in [4.78, 5) is 23.3. The molecular weight excluding hydrogens is 366 g/mol. The Balaban J connectivity index is 1.48. The number of amides is 2. The Morgan fingerprint density at radius 1 is 1.21 bits per heavy atom. The fourth-order valence-electron chi connectivity index (χ4n) is 3.30. The largest absolute Gasteiger partial charge is 0.323 e. The van der Waals surface area contributed by atoms with Gasteiger partial charge < -0.3 is 9.47 Å². The molecule has 8 heteroatoms. The van der Waals surface area contributed by atoms with Gasteiger partial charge in [0, 0.05) is 31.5 Å². The van der Waals surface area contributed by atoms with Crippen LogP contribution in [0.2, 0.25) is 0 Å². The zero-order valence-electron chi connectivity index (χ0n) is 16.5. The van der Waals surface area contributed by atoms with Gasteiger partial charge >= 0.3 is 6.03 Å². The van der Waals surface area contributed by atoms with Gasteiger partial charge in [0.1, 0.15) is 17.8 Å². The van der Waals surface area contributed by atoms with E-state index in [9.17, 15) is 4.79 Å². The van der Waals surface area contributed by atoms with Gasteiger partial charge in [0.15, 0.2) is 5.82 Å². The van der Waals surface area contributed by atoms with E-state index in [4.69, 9.17) is 0 Å². The third kappa shape index (κ3) is 4.16. The van der Waals surface area contributed by atoms with Crippen molar-refractivity contribution in [3.05, 3.63) is 60.7 Å². The highest BCUT2D eigenvalue weighted by molar-refractivity contribution is 5.90. The number of hydrogen-bond acceptors (Lipinski definition) is 5. The fraction of sp³-hybridized carbons (Fsp3) is 0.286. The van der Waals surface area contributed by atoms with E-state index in [2.05, 4.69) is 45.4 Å². The van der Waals surface area contributed by atoms with Crippen LogP contribution in [0.1, 0.15) is 31.9 Å².